The van der Waals surface area contributed by atoms with E-state index in [9.17, 15) is 0 Å². The van der Waals surface area contributed by atoms with Gasteiger partial charge >= 0.3 is 0 Å². The van der Waals surface area contributed by atoms with Gasteiger partial charge in [0, 0.05) is 17.4 Å². The van der Waals surface area contributed by atoms with Crippen molar-refractivity contribution in [1.82, 2.24) is 10.3 Å². The molecule has 0 aromatic carbocycles. The summed E-state index contributed by atoms with van der Waals surface area (Å²) in [5.41, 5.74) is 2.76. The van der Waals surface area contributed by atoms with E-state index in [0.717, 1.165) is 19.4 Å². The molecule has 0 fully saturated rings. The first-order valence-corrected chi connectivity index (χ1v) is 7.09. The fourth-order valence-corrected chi connectivity index (χ4v) is 1.79. The number of rotatable bonds is 6. The van der Waals surface area contributed by atoms with Crippen molar-refractivity contribution in [2.75, 3.05) is 6.54 Å². The normalized spacial score (nSPS) is 13.6. The van der Waals surface area contributed by atoms with Gasteiger partial charge in [0.2, 0.25) is 0 Å². The third kappa shape index (κ3) is 6.15. The third-order valence-corrected chi connectivity index (χ3v) is 3.17. The molecule has 102 valence electrons. The summed E-state index contributed by atoms with van der Waals surface area (Å²) < 4.78 is 0. The Bertz CT molecular complexity index is 335. The molecule has 0 bridgehead atoms. The van der Waals surface area contributed by atoms with Crippen LogP contribution in [0, 0.1) is 5.92 Å². The zero-order valence-electron chi connectivity index (χ0n) is 12.6. The largest absolute Gasteiger partial charge is 0.312 e. The lowest BCUT2D eigenvalue weighted by Gasteiger charge is -2.23. The van der Waals surface area contributed by atoms with Crippen LogP contribution in [0.1, 0.15) is 52.3 Å². The van der Waals surface area contributed by atoms with Crippen LogP contribution in [0.2, 0.25) is 0 Å². The lowest BCUT2D eigenvalue weighted by molar-refractivity contribution is 0.372. The van der Waals surface area contributed by atoms with E-state index in [-0.39, 0.29) is 5.54 Å². The molecule has 18 heavy (non-hydrogen) atoms. The fraction of sp³-hybridized carbons (Fsp3) is 0.688. The summed E-state index contributed by atoms with van der Waals surface area (Å²) in [7, 11) is 0. The van der Waals surface area contributed by atoms with Crippen LogP contribution < -0.4 is 5.32 Å². The topological polar surface area (TPSA) is 24.9 Å². The molecule has 2 heteroatoms. The predicted molar refractivity (Wildman–Crippen MR) is 78.9 cm³/mol. The Hall–Kier alpha value is -0.890. The summed E-state index contributed by atoms with van der Waals surface area (Å²) in [4.78, 5) is 4.51. The van der Waals surface area contributed by atoms with Crippen molar-refractivity contribution >= 4 is 0 Å². The van der Waals surface area contributed by atoms with Gasteiger partial charge in [0.15, 0.2) is 0 Å². The highest BCUT2D eigenvalue weighted by atomic mass is 14.9. The molecule has 0 aliphatic heterocycles. The van der Waals surface area contributed by atoms with E-state index < -0.39 is 0 Å². The lowest BCUT2D eigenvalue weighted by Crippen LogP contribution is -2.38. The lowest BCUT2D eigenvalue weighted by atomic mass is 10.0. The highest BCUT2D eigenvalue weighted by molar-refractivity contribution is 5.13. The summed E-state index contributed by atoms with van der Waals surface area (Å²) >= 11 is 0. The predicted octanol–water partition coefficient (Wildman–Crippen LogP) is 3.60. The van der Waals surface area contributed by atoms with Gasteiger partial charge in [-0.3, -0.25) is 4.98 Å². The van der Waals surface area contributed by atoms with Gasteiger partial charge in [-0.25, -0.2) is 0 Å². The smallest absolute Gasteiger partial charge is 0.0403 e. The first kappa shape index (κ1) is 15.2. The van der Waals surface area contributed by atoms with Gasteiger partial charge in [0.25, 0.3) is 0 Å². The number of nitrogens with zero attached hydrogens (tertiary/aromatic N) is 1. The maximum absolute atomic E-state index is 4.51. The molecule has 1 rings (SSSR count). The second-order valence-electron chi connectivity index (χ2n) is 6.29. The Balaban J connectivity index is 2.31. The molecule has 0 amide bonds. The first-order chi connectivity index (χ1) is 8.40. The first-order valence-electron chi connectivity index (χ1n) is 7.09. The SMILES string of the molecule is CCc1ccc(CCC(C)CNC(C)(C)C)nc1. The molecule has 0 spiro atoms. The standard InChI is InChI=1S/C16H28N2/c1-6-14-8-10-15(17-12-14)9-7-13(2)11-18-16(3,4)5/h8,10,12-13,18H,6-7,9,11H2,1-5H3. The van der Waals surface area contributed by atoms with Crippen LogP contribution in [0.25, 0.3) is 0 Å². The maximum atomic E-state index is 4.51. The van der Waals surface area contributed by atoms with Gasteiger partial charge in [0.05, 0.1) is 0 Å². The number of hydrogen-bond acceptors (Lipinski definition) is 2. The van der Waals surface area contributed by atoms with Crippen LogP contribution >= 0.6 is 0 Å². The monoisotopic (exact) mass is 248 g/mol. The van der Waals surface area contributed by atoms with Gasteiger partial charge < -0.3 is 5.32 Å². The van der Waals surface area contributed by atoms with E-state index in [2.05, 4.69) is 57.1 Å². The van der Waals surface area contributed by atoms with Crippen molar-refractivity contribution < 1.29 is 0 Å². The minimum atomic E-state index is 0.218. The van der Waals surface area contributed by atoms with Crippen molar-refractivity contribution in [2.24, 2.45) is 5.92 Å². The van der Waals surface area contributed by atoms with Gasteiger partial charge in [-0.1, -0.05) is 19.9 Å². The highest BCUT2D eigenvalue weighted by Gasteiger charge is 2.11. The number of hydrogen-bond donors (Lipinski definition) is 1. The fourth-order valence-electron chi connectivity index (χ4n) is 1.79. The summed E-state index contributed by atoms with van der Waals surface area (Å²) in [5.74, 6) is 0.692. The van der Waals surface area contributed by atoms with E-state index in [1.165, 1.54) is 17.7 Å². The minimum absolute atomic E-state index is 0.218. The van der Waals surface area contributed by atoms with Crippen LogP contribution in [-0.4, -0.2) is 17.1 Å². The summed E-state index contributed by atoms with van der Waals surface area (Å²) in [6.45, 7) is 12.2. The molecule has 0 aliphatic rings. The molecule has 1 atom stereocenters. The van der Waals surface area contributed by atoms with Crippen molar-refractivity contribution in [1.29, 1.82) is 0 Å². The van der Waals surface area contributed by atoms with E-state index in [4.69, 9.17) is 0 Å². The Kier molecular flexibility index (Phi) is 5.80. The molecule has 1 aromatic heterocycles. The van der Waals surface area contributed by atoms with Crippen molar-refractivity contribution in [3.63, 3.8) is 0 Å². The molecular formula is C16H28N2. The molecule has 0 saturated heterocycles. The molecule has 2 nitrogen and oxygen atoms in total. The molecule has 0 aliphatic carbocycles. The third-order valence-electron chi connectivity index (χ3n) is 3.17. The second-order valence-corrected chi connectivity index (χ2v) is 6.29. The van der Waals surface area contributed by atoms with Crippen LogP contribution in [-0.2, 0) is 12.8 Å². The van der Waals surface area contributed by atoms with Crippen LogP contribution in [0.15, 0.2) is 18.3 Å². The van der Waals surface area contributed by atoms with Gasteiger partial charge in [0.1, 0.15) is 0 Å². The summed E-state index contributed by atoms with van der Waals surface area (Å²) in [6, 6.07) is 4.36. The maximum Gasteiger partial charge on any atom is 0.0403 e. The van der Waals surface area contributed by atoms with Gasteiger partial charge in [-0.05, 0) is 64.1 Å². The Morgan fingerprint density at radius 2 is 2.00 bits per heavy atom. The van der Waals surface area contributed by atoms with Crippen molar-refractivity contribution in [3.8, 4) is 0 Å². The number of pyridine rings is 1. The Morgan fingerprint density at radius 1 is 1.28 bits per heavy atom. The van der Waals surface area contributed by atoms with Gasteiger partial charge in [-0.2, -0.15) is 0 Å². The average molecular weight is 248 g/mol. The molecule has 1 N–H and O–H groups in total. The Labute approximate surface area is 112 Å². The molecule has 1 aromatic rings. The zero-order valence-corrected chi connectivity index (χ0v) is 12.6. The number of aryl methyl sites for hydroxylation is 2. The zero-order chi connectivity index (χ0) is 13.6. The minimum Gasteiger partial charge on any atom is -0.312 e. The van der Waals surface area contributed by atoms with E-state index >= 15 is 0 Å². The van der Waals surface area contributed by atoms with Crippen LogP contribution in [0.3, 0.4) is 0 Å². The Morgan fingerprint density at radius 3 is 2.50 bits per heavy atom. The quantitative estimate of drug-likeness (QED) is 0.832. The van der Waals surface area contributed by atoms with E-state index in [1.807, 2.05) is 6.20 Å². The number of nitrogens with one attached hydrogen (secondary N) is 1. The summed E-state index contributed by atoms with van der Waals surface area (Å²) in [6.07, 6.45) is 5.35. The van der Waals surface area contributed by atoms with Crippen LogP contribution in [0.5, 0.6) is 0 Å². The molecular weight excluding hydrogens is 220 g/mol. The average Bonchev–Trinajstić information content (AvgIpc) is 2.33. The molecule has 1 unspecified atom stereocenters. The second kappa shape index (κ2) is 6.89. The highest BCUT2D eigenvalue weighted by Crippen LogP contribution is 2.10. The van der Waals surface area contributed by atoms with Gasteiger partial charge in [-0.15, -0.1) is 0 Å². The number of aromatic nitrogens is 1. The molecule has 1 heterocycles. The van der Waals surface area contributed by atoms with Crippen molar-refractivity contribution in [2.45, 2.75) is 59.4 Å². The van der Waals surface area contributed by atoms with Crippen molar-refractivity contribution in [3.05, 3.63) is 29.6 Å². The molecule has 0 radical (unpaired) electrons. The molecule has 0 saturated carbocycles. The van der Waals surface area contributed by atoms with Crippen LogP contribution in [0.4, 0.5) is 0 Å². The van der Waals surface area contributed by atoms with E-state index in [0.29, 0.717) is 5.92 Å². The summed E-state index contributed by atoms with van der Waals surface area (Å²) in [5, 5.41) is 3.56. The van der Waals surface area contributed by atoms with E-state index in [1.54, 1.807) is 0 Å².